The average Bonchev–Trinajstić information content (AvgIpc) is 1.90. The van der Waals surface area contributed by atoms with Crippen LogP contribution in [0.1, 0.15) is 6.42 Å². The maximum Gasteiger partial charge on any atom is 0.155 e. The van der Waals surface area contributed by atoms with Crippen molar-refractivity contribution in [3.63, 3.8) is 0 Å². The number of carbonyl (C=O) groups is 1. The predicted molar refractivity (Wildman–Crippen MR) is 33.9 cm³/mol. The number of aldehydes is 1. The smallest absolute Gasteiger partial charge is 0.155 e. The maximum absolute atomic E-state index is 10.1. The summed E-state index contributed by atoms with van der Waals surface area (Å²) in [6.45, 7) is 0. The molecule has 0 fully saturated rings. The van der Waals surface area contributed by atoms with Crippen molar-refractivity contribution in [2.24, 2.45) is 0 Å². The van der Waals surface area contributed by atoms with E-state index in [1.54, 1.807) is 18.2 Å². The van der Waals surface area contributed by atoms with E-state index in [0.717, 1.165) is 0 Å². The third-order valence-electron chi connectivity index (χ3n) is 1.28. The first kappa shape index (κ1) is 6.23. The molecule has 0 saturated carbocycles. The summed E-state index contributed by atoms with van der Waals surface area (Å²) in [5, 5.41) is 9.17. The first-order chi connectivity index (χ1) is 4.27. The Balaban J connectivity index is 2.73. The molecule has 1 aliphatic rings. The van der Waals surface area contributed by atoms with Gasteiger partial charge < -0.3 is 5.11 Å². The van der Waals surface area contributed by atoms with Crippen molar-refractivity contribution in [2.75, 3.05) is 0 Å². The molecule has 0 bridgehead atoms. The number of allylic oxidation sites excluding steroid dienone is 2. The molecular formula is C7H8O2. The largest absolute Gasteiger partial charge is 0.378 e. The molecule has 1 atom stereocenters. The molecule has 0 radical (unpaired) electrons. The summed E-state index contributed by atoms with van der Waals surface area (Å²) in [6.07, 6.45) is 7.66. The average molecular weight is 124 g/mol. The molecule has 1 rings (SSSR count). The standard InChI is InChI=1S/C7H8O2/c8-6-7(9)4-2-1-3-5-7/h1-4,6,9H,5H2. The Morgan fingerprint density at radius 2 is 2.33 bits per heavy atom. The lowest BCUT2D eigenvalue weighted by Gasteiger charge is -2.16. The van der Waals surface area contributed by atoms with Crippen molar-refractivity contribution in [3.8, 4) is 0 Å². The lowest BCUT2D eigenvalue weighted by atomic mass is 9.98. The fraction of sp³-hybridized carbons (Fsp3) is 0.286. The van der Waals surface area contributed by atoms with E-state index in [1.165, 1.54) is 6.08 Å². The number of aliphatic hydroxyl groups is 1. The van der Waals surface area contributed by atoms with Gasteiger partial charge in [0.15, 0.2) is 6.29 Å². The van der Waals surface area contributed by atoms with Crippen molar-refractivity contribution in [2.45, 2.75) is 12.0 Å². The molecule has 0 saturated heterocycles. The van der Waals surface area contributed by atoms with Gasteiger partial charge >= 0.3 is 0 Å². The molecule has 1 aliphatic carbocycles. The van der Waals surface area contributed by atoms with Crippen molar-refractivity contribution in [1.82, 2.24) is 0 Å². The molecule has 1 unspecified atom stereocenters. The molecule has 48 valence electrons. The molecule has 0 aromatic rings. The molecule has 9 heavy (non-hydrogen) atoms. The third-order valence-corrected chi connectivity index (χ3v) is 1.28. The number of hydrogen-bond donors (Lipinski definition) is 1. The zero-order valence-corrected chi connectivity index (χ0v) is 4.95. The Morgan fingerprint density at radius 1 is 1.56 bits per heavy atom. The highest BCUT2D eigenvalue weighted by atomic mass is 16.3. The van der Waals surface area contributed by atoms with Gasteiger partial charge in [-0.1, -0.05) is 18.2 Å². The van der Waals surface area contributed by atoms with E-state index in [9.17, 15) is 9.90 Å². The number of carbonyl (C=O) groups excluding carboxylic acids is 1. The first-order valence-corrected chi connectivity index (χ1v) is 2.80. The van der Waals surface area contributed by atoms with Crippen LogP contribution in [0.2, 0.25) is 0 Å². The van der Waals surface area contributed by atoms with Gasteiger partial charge in [0, 0.05) is 6.42 Å². The lowest BCUT2D eigenvalue weighted by molar-refractivity contribution is -0.119. The molecule has 0 aromatic heterocycles. The van der Waals surface area contributed by atoms with E-state index in [2.05, 4.69) is 0 Å². The molecule has 0 spiro atoms. The van der Waals surface area contributed by atoms with Crippen molar-refractivity contribution < 1.29 is 9.90 Å². The molecule has 2 heteroatoms. The Bertz CT molecular complexity index is 170. The normalized spacial score (nSPS) is 32.6. The van der Waals surface area contributed by atoms with Gasteiger partial charge in [0.05, 0.1) is 0 Å². The number of rotatable bonds is 1. The monoisotopic (exact) mass is 124 g/mol. The second-order valence-electron chi connectivity index (χ2n) is 2.10. The van der Waals surface area contributed by atoms with Crippen LogP contribution in [0.15, 0.2) is 24.3 Å². The van der Waals surface area contributed by atoms with Crippen LogP contribution >= 0.6 is 0 Å². The molecule has 0 amide bonds. The maximum atomic E-state index is 10.1. The van der Waals surface area contributed by atoms with E-state index < -0.39 is 5.60 Å². The minimum absolute atomic E-state index is 0.396. The van der Waals surface area contributed by atoms with Gasteiger partial charge in [-0.15, -0.1) is 0 Å². The van der Waals surface area contributed by atoms with Crippen LogP contribution in [0, 0.1) is 0 Å². The van der Waals surface area contributed by atoms with Gasteiger partial charge in [-0.05, 0) is 6.08 Å². The van der Waals surface area contributed by atoms with Crippen LogP contribution in [0.25, 0.3) is 0 Å². The third kappa shape index (κ3) is 1.27. The van der Waals surface area contributed by atoms with Crippen LogP contribution in [0.3, 0.4) is 0 Å². The van der Waals surface area contributed by atoms with E-state index in [-0.39, 0.29) is 0 Å². The topological polar surface area (TPSA) is 37.3 Å². The summed E-state index contributed by atoms with van der Waals surface area (Å²) < 4.78 is 0. The summed E-state index contributed by atoms with van der Waals surface area (Å²) in [7, 11) is 0. The lowest BCUT2D eigenvalue weighted by Crippen LogP contribution is -2.27. The molecule has 0 heterocycles. The summed E-state index contributed by atoms with van der Waals surface area (Å²) in [5.74, 6) is 0. The van der Waals surface area contributed by atoms with E-state index in [0.29, 0.717) is 12.7 Å². The number of hydrogen-bond acceptors (Lipinski definition) is 2. The van der Waals surface area contributed by atoms with Gasteiger partial charge in [0.25, 0.3) is 0 Å². The summed E-state index contributed by atoms with van der Waals surface area (Å²) in [4.78, 5) is 10.1. The highest BCUT2D eigenvalue weighted by molar-refractivity contribution is 5.66. The van der Waals surface area contributed by atoms with Crippen LogP contribution in [0.4, 0.5) is 0 Å². The van der Waals surface area contributed by atoms with Crippen LogP contribution in [-0.2, 0) is 4.79 Å². The van der Waals surface area contributed by atoms with Gasteiger partial charge in [0.1, 0.15) is 5.60 Å². The summed E-state index contributed by atoms with van der Waals surface area (Å²) >= 11 is 0. The Labute approximate surface area is 53.5 Å². The molecular weight excluding hydrogens is 116 g/mol. The zero-order valence-electron chi connectivity index (χ0n) is 4.95. The summed E-state index contributed by atoms with van der Waals surface area (Å²) in [6, 6.07) is 0. The van der Waals surface area contributed by atoms with Crippen molar-refractivity contribution >= 4 is 6.29 Å². The quantitative estimate of drug-likeness (QED) is 0.515. The second kappa shape index (κ2) is 2.15. The van der Waals surface area contributed by atoms with Crippen LogP contribution in [0.5, 0.6) is 0 Å². The molecule has 2 nitrogen and oxygen atoms in total. The highest BCUT2D eigenvalue weighted by Crippen LogP contribution is 2.13. The van der Waals surface area contributed by atoms with Gasteiger partial charge in [-0.25, -0.2) is 0 Å². The second-order valence-corrected chi connectivity index (χ2v) is 2.10. The van der Waals surface area contributed by atoms with Crippen molar-refractivity contribution in [1.29, 1.82) is 0 Å². The fourth-order valence-corrected chi connectivity index (χ4v) is 0.713. The van der Waals surface area contributed by atoms with Gasteiger partial charge in [-0.2, -0.15) is 0 Å². The first-order valence-electron chi connectivity index (χ1n) is 2.80. The van der Waals surface area contributed by atoms with E-state index in [4.69, 9.17) is 0 Å². The van der Waals surface area contributed by atoms with Gasteiger partial charge in [0.2, 0.25) is 0 Å². The SMILES string of the molecule is O=CC1(O)C=CC=CC1. The molecule has 0 aliphatic heterocycles. The Morgan fingerprint density at radius 3 is 2.67 bits per heavy atom. The van der Waals surface area contributed by atoms with Crippen molar-refractivity contribution in [3.05, 3.63) is 24.3 Å². The van der Waals surface area contributed by atoms with Gasteiger partial charge in [-0.3, -0.25) is 4.79 Å². The Hall–Kier alpha value is -0.890. The minimum Gasteiger partial charge on any atom is -0.378 e. The van der Waals surface area contributed by atoms with E-state index in [1.807, 2.05) is 0 Å². The Kier molecular flexibility index (Phi) is 1.49. The highest BCUT2D eigenvalue weighted by Gasteiger charge is 2.21. The predicted octanol–water partition coefficient (Wildman–Crippen LogP) is 0.433. The van der Waals surface area contributed by atoms with E-state index >= 15 is 0 Å². The minimum atomic E-state index is -1.23. The van der Waals surface area contributed by atoms with Crippen LogP contribution in [-0.4, -0.2) is 17.0 Å². The summed E-state index contributed by atoms with van der Waals surface area (Å²) in [5.41, 5.74) is -1.23. The zero-order chi connectivity index (χ0) is 6.74. The molecule has 0 aromatic carbocycles. The fourth-order valence-electron chi connectivity index (χ4n) is 0.713. The van der Waals surface area contributed by atoms with Crippen LogP contribution < -0.4 is 0 Å². The molecule has 1 N–H and O–H groups in total.